The molecule has 0 saturated carbocycles. The predicted molar refractivity (Wildman–Crippen MR) is 122 cm³/mol. The van der Waals surface area contributed by atoms with Gasteiger partial charge in [0.25, 0.3) is 0 Å². The number of aliphatic carboxylic acids is 1. The van der Waals surface area contributed by atoms with E-state index in [4.69, 9.17) is 9.84 Å². The molecule has 9 heteroatoms. The van der Waals surface area contributed by atoms with Gasteiger partial charge in [0.05, 0.1) is 0 Å². The van der Waals surface area contributed by atoms with Crippen LogP contribution in [-0.2, 0) is 14.3 Å². The van der Waals surface area contributed by atoms with E-state index in [-0.39, 0.29) is 31.4 Å². The number of carbonyl (C=O) groups excluding carboxylic acids is 2. The van der Waals surface area contributed by atoms with Crippen molar-refractivity contribution >= 4 is 18.0 Å². The van der Waals surface area contributed by atoms with Crippen molar-refractivity contribution in [3.63, 3.8) is 0 Å². The summed E-state index contributed by atoms with van der Waals surface area (Å²) in [6.45, 7) is 1.76. The number of fused-ring (bicyclic) bond motifs is 3. The number of amides is 2. The van der Waals surface area contributed by atoms with E-state index in [0.29, 0.717) is 6.42 Å². The molecule has 0 radical (unpaired) electrons. The molecule has 1 aliphatic carbocycles. The fourth-order valence-corrected chi connectivity index (χ4v) is 4.17. The second-order valence-electron chi connectivity index (χ2n) is 8.27. The smallest absolute Gasteiger partial charge is 0.407 e. The van der Waals surface area contributed by atoms with Gasteiger partial charge in [-0.25, -0.2) is 13.6 Å². The first-order valence-corrected chi connectivity index (χ1v) is 11.2. The zero-order valence-corrected chi connectivity index (χ0v) is 18.8. The molecule has 2 atom stereocenters. The highest BCUT2D eigenvalue weighted by molar-refractivity contribution is 5.85. The Kier molecular flexibility index (Phi) is 8.56. The van der Waals surface area contributed by atoms with E-state index in [1.54, 1.807) is 6.92 Å². The SMILES string of the molecule is CCC(CNC(=O)C(CC(F)F)NC(=O)OCC1c2ccccc2-c2ccccc21)CC(=O)O. The molecule has 2 aromatic carbocycles. The first kappa shape index (κ1) is 25.1. The molecule has 0 bridgehead atoms. The molecule has 2 amide bonds. The molecule has 2 unspecified atom stereocenters. The average molecular weight is 475 g/mol. The van der Waals surface area contributed by atoms with Gasteiger partial charge in [0.15, 0.2) is 0 Å². The molecule has 0 aromatic heterocycles. The molecular weight excluding hydrogens is 446 g/mol. The van der Waals surface area contributed by atoms with Gasteiger partial charge >= 0.3 is 12.1 Å². The summed E-state index contributed by atoms with van der Waals surface area (Å²) in [5, 5.41) is 13.6. The van der Waals surface area contributed by atoms with Crippen molar-refractivity contribution in [2.24, 2.45) is 5.92 Å². The van der Waals surface area contributed by atoms with Crippen LogP contribution in [0.25, 0.3) is 11.1 Å². The topological polar surface area (TPSA) is 105 Å². The Morgan fingerprint density at radius 1 is 1.03 bits per heavy atom. The number of benzene rings is 2. The van der Waals surface area contributed by atoms with Crippen LogP contribution in [-0.4, -0.2) is 48.7 Å². The molecule has 3 rings (SSSR count). The van der Waals surface area contributed by atoms with Crippen LogP contribution < -0.4 is 10.6 Å². The van der Waals surface area contributed by atoms with Crippen molar-refractivity contribution in [2.45, 2.75) is 44.6 Å². The van der Waals surface area contributed by atoms with E-state index < -0.39 is 36.9 Å². The minimum atomic E-state index is -2.83. The van der Waals surface area contributed by atoms with E-state index in [1.165, 1.54) is 0 Å². The van der Waals surface area contributed by atoms with Gasteiger partial charge in [-0.05, 0) is 28.2 Å². The number of ether oxygens (including phenoxy) is 1. The van der Waals surface area contributed by atoms with E-state index in [2.05, 4.69) is 10.6 Å². The Labute approximate surface area is 196 Å². The van der Waals surface area contributed by atoms with Gasteiger partial charge in [-0.15, -0.1) is 0 Å². The fourth-order valence-electron chi connectivity index (χ4n) is 4.17. The number of carboxylic acid groups (broad SMARTS) is 1. The lowest BCUT2D eigenvalue weighted by atomic mass is 9.98. The van der Waals surface area contributed by atoms with Crippen LogP contribution in [0.5, 0.6) is 0 Å². The van der Waals surface area contributed by atoms with Gasteiger partial charge in [-0.1, -0.05) is 61.9 Å². The van der Waals surface area contributed by atoms with Gasteiger partial charge in [0.1, 0.15) is 12.6 Å². The molecule has 34 heavy (non-hydrogen) atoms. The van der Waals surface area contributed by atoms with Gasteiger partial charge in [-0.3, -0.25) is 9.59 Å². The first-order chi connectivity index (χ1) is 16.3. The van der Waals surface area contributed by atoms with Gasteiger partial charge < -0.3 is 20.5 Å². The van der Waals surface area contributed by atoms with Crippen LogP contribution in [0.2, 0.25) is 0 Å². The highest BCUT2D eigenvalue weighted by atomic mass is 19.3. The van der Waals surface area contributed by atoms with Crippen LogP contribution >= 0.6 is 0 Å². The zero-order valence-electron chi connectivity index (χ0n) is 18.8. The number of carbonyl (C=O) groups is 3. The van der Waals surface area contributed by atoms with Crippen molar-refractivity contribution in [1.29, 1.82) is 0 Å². The third-order valence-electron chi connectivity index (χ3n) is 5.97. The standard InChI is InChI=1S/C25H28F2N2O5/c1-2-15(11-23(30)31)13-28-24(32)21(12-22(26)27)29-25(33)34-14-20-18-9-5-3-7-16(18)17-8-4-6-10-19(17)20/h3-10,15,20-22H,2,11-14H2,1H3,(H,28,32)(H,29,33)(H,30,31). The van der Waals surface area contributed by atoms with Crippen molar-refractivity contribution in [1.82, 2.24) is 10.6 Å². The van der Waals surface area contributed by atoms with E-state index in [0.717, 1.165) is 22.3 Å². The van der Waals surface area contributed by atoms with Crippen molar-refractivity contribution in [2.75, 3.05) is 13.2 Å². The summed E-state index contributed by atoms with van der Waals surface area (Å²) in [6.07, 6.45) is -4.35. The number of alkyl halides is 2. The summed E-state index contributed by atoms with van der Waals surface area (Å²) in [5.41, 5.74) is 4.10. The molecule has 0 saturated heterocycles. The summed E-state index contributed by atoms with van der Waals surface area (Å²) in [5.74, 6) is -2.37. The lowest BCUT2D eigenvalue weighted by Crippen LogP contribution is -2.49. The number of hydrogen-bond donors (Lipinski definition) is 3. The minimum absolute atomic E-state index is 0.00768. The Morgan fingerprint density at radius 2 is 1.62 bits per heavy atom. The number of rotatable bonds is 11. The molecule has 2 aromatic rings. The maximum Gasteiger partial charge on any atom is 0.407 e. The third kappa shape index (κ3) is 6.30. The minimum Gasteiger partial charge on any atom is -0.481 e. The summed E-state index contributed by atoms with van der Waals surface area (Å²) in [6, 6.07) is 14.0. The quantitative estimate of drug-likeness (QED) is 0.454. The van der Waals surface area contributed by atoms with Gasteiger partial charge in [0.2, 0.25) is 12.3 Å². The average Bonchev–Trinajstić information content (AvgIpc) is 3.13. The van der Waals surface area contributed by atoms with E-state index in [9.17, 15) is 23.2 Å². The Bertz CT molecular complexity index is 984. The molecule has 182 valence electrons. The van der Waals surface area contributed by atoms with Crippen LogP contribution in [0.3, 0.4) is 0 Å². The number of nitrogens with one attached hydrogen (secondary N) is 2. The number of carboxylic acids is 1. The second-order valence-corrected chi connectivity index (χ2v) is 8.27. The van der Waals surface area contributed by atoms with Crippen LogP contribution in [0.4, 0.5) is 13.6 Å². The molecule has 0 heterocycles. The van der Waals surface area contributed by atoms with Crippen LogP contribution in [0.15, 0.2) is 48.5 Å². The van der Waals surface area contributed by atoms with Crippen molar-refractivity contribution in [3.05, 3.63) is 59.7 Å². The Morgan fingerprint density at radius 3 is 2.15 bits per heavy atom. The molecular formula is C25H28F2N2O5. The lowest BCUT2D eigenvalue weighted by molar-refractivity contribution is -0.138. The van der Waals surface area contributed by atoms with Crippen molar-refractivity contribution in [3.8, 4) is 11.1 Å². The molecule has 0 fully saturated rings. The fraction of sp³-hybridized carbons (Fsp3) is 0.400. The number of alkyl carbamates (subject to hydrolysis) is 1. The maximum atomic E-state index is 13.0. The second kappa shape index (κ2) is 11.6. The molecule has 0 aliphatic heterocycles. The summed E-state index contributed by atoms with van der Waals surface area (Å²) in [7, 11) is 0. The number of halogens is 2. The highest BCUT2D eigenvalue weighted by Gasteiger charge is 2.30. The maximum absolute atomic E-state index is 13.0. The zero-order chi connectivity index (χ0) is 24.7. The summed E-state index contributed by atoms with van der Waals surface area (Å²) in [4.78, 5) is 35.8. The number of hydrogen-bond acceptors (Lipinski definition) is 4. The molecule has 0 spiro atoms. The first-order valence-electron chi connectivity index (χ1n) is 11.2. The van der Waals surface area contributed by atoms with Crippen LogP contribution in [0.1, 0.15) is 43.2 Å². The highest BCUT2D eigenvalue weighted by Crippen LogP contribution is 2.44. The summed E-state index contributed by atoms with van der Waals surface area (Å²) < 4.78 is 31.4. The monoisotopic (exact) mass is 474 g/mol. The lowest BCUT2D eigenvalue weighted by Gasteiger charge is -2.21. The predicted octanol–water partition coefficient (Wildman–Crippen LogP) is 4.17. The largest absolute Gasteiger partial charge is 0.481 e. The Balaban J connectivity index is 1.61. The van der Waals surface area contributed by atoms with E-state index >= 15 is 0 Å². The molecule has 7 nitrogen and oxygen atoms in total. The summed E-state index contributed by atoms with van der Waals surface area (Å²) >= 11 is 0. The molecule has 3 N–H and O–H groups in total. The van der Waals surface area contributed by atoms with Gasteiger partial charge in [-0.2, -0.15) is 0 Å². The third-order valence-corrected chi connectivity index (χ3v) is 5.97. The van der Waals surface area contributed by atoms with E-state index in [1.807, 2.05) is 48.5 Å². The van der Waals surface area contributed by atoms with Crippen LogP contribution in [0, 0.1) is 5.92 Å². The van der Waals surface area contributed by atoms with Gasteiger partial charge in [0, 0.05) is 25.3 Å². The molecule has 1 aliphatic rings. The Hall–Kier alpha value is -3.49. The normalized spacial score (nSPS) is 14.1. The van der Waals surface area contributed by atoms with Crippen molar-refractivity contribution < 1.29 is 33.0 Å².